The highest BCUT2D eigenvalue weighted by molar-refractivity contribution is 7.80. The minimum absolute atomic E-state index is 0.348. The van der Waals surface area contributed by atoms with E-state index >= 15 is 0 Å². The Kier molecular flexibility index (Phi) is 6.20. The summed E-state index contributed by atoms with van der Waals surface area (Å²) in [5.74, 6) is 0. The molecule has 0 aliphatic heterocycles. The van der Waals surface area contributed by atoms with Crippen LogP contribution in [0.15, 0.2) is 109 Å². The van der Waals surface area contributed by atoms with Gasteiger partial charge in [0.15, 0.2) is 5.11 Å². The molecule has 0 aliphatic carbocycles. The maximum absolute atomic E-state index is 6.02. The van der Waals surface area contributed by atoms with Crippen LogP contribution >= 0.6 is 12.2 Å². The molecule has 1 heterocycles. The molecule has 5 aromatic rings. The lowest BCUT2D eigenvalue weighted by atomic mass is 10.1. The van der Waals surface area contributed by atoms with Gasteiger partial charge in [0.25, 0.3) is 0 Å². The van der Waals surface area contributed by atoms with Crippen molar-refractivity contribution in [2.75, 3.05) is 4.90 Å². The van der Waals surface area contributed by atoms with Crippen molar-refractivity contribution in [3.05, 3.63) is 115 Å². The molecular formula is C27H23N3S. The third-order valence-electron chi connectivity index (χ3n) is 5.10. The first-order chi connectivity index (χ1) is 15.1. The van der Waals surface area contributed by atoms with E-state index in [0.717, 1.165) is 27.8 Å². The molecule has 0 spiro atoms. The molecule has 4 aromatic carbocycles. The first kappa shape index (κ1) is 20.5. The molecule has 1 aromatic heterocycles. The topological polar surface area (TPSA) is 42.1 Å². The molecule has 2 N–H and O–H groups in total. The van der Waals surface area contributed by atoms with E-state index in [1.807, 2.05) is 77.8 Å². The Hall–Kier alpha value is -3.76. The summed E-state index contributed by atoms with van der Waals surface area (Å²) >= 11 is 5.31. The van der Waals surface area contributed by atoms with Crippen LogP contribution in [-0.4, -0.2) is 10.1 Å². The van der Waals surface area contributed by atoms with Crippen LogP contribution in [0.3, 0.4) is 0 Å². The molecule has 0 atom stereocenters. The van der Waals surface area contributed by atoms with Crippen molar-refractivity contribution in [1.29, 1.82) is 0 Å². The number of aromatic nitrogens is 1. The number of aryl methyl sites for hydroxylation is 1. The molecule has 0 aliphatic rings. The number of pyridine rings is 1. The fourth-order valence-electron chi connectivity index (χ4n) is 3.60. The number of rotatable bonds is 2. The number of nitrogens with zero attached hydrogens (tertiary/aromatic N) is 2. The Balaban J connectivity index is 0.000000192. The van der Waals surface area contributed by atoms with E-state index < -0.39 is 0 Å². The second-order valence-corrected chi connectivity index (χ2v) is 7.57. The second kappa shape index (κ2) is 9.37. The molecule has 0 bridgehead atoms. The quantitative estimate of drug-likeness (QED) is 0.320. The van der Waals surface area contributed by atoms with Crippen LogP contribution < -0.4 is 10.6 Å². The third-order valence-corrected chi connectivity index (χ3v) is 5.28. The van der Waals surface area contributed by atoms with Crippen LogP contribution in [0, 0.1) is 6.92 Å². The summed E-state index contributed by atoms with van der Waals surface area (Å²) in [6.45, 7) is 2.06. The minimum atomic E-state index is 0.348. The predicted molar refractivity (Wildman–Crippen MR) is 136 cm³/mol. The van der Waals surface area contributed by atoms with E-state index in [4.69, 9.17) is 18.0 Å². The molecule has 5 rings (SSSR count). The van der Waals surface area contributed by atoms with E-state index in [-0.39, 0.29) is 0 Å². The standard InChI is InChI=1S/C18H16N2S.C9H7N/c1-13-7-2-5-11-16(13)20(18(19)21)17-12-6-9-14-8-3-4-10-15(14)17;1-2-6-9-8(4-1)5-3-7-10-9/h2-12H,1H3,(H2,19,21);1-7H. The van der Waals surface area contributed by atoms with Crippen LogP contribution in [0.1, 0.15) is 5.56 Å². The van der Waals surface area contributed by atoms with Crippen molar-refractivity contribution < 1.29 is 0 Å². The average molecular weight is 422 g/mol. The van der Waals surface area contributed by atoms with Gasteiger partial charge in [0.1, 0.15) is 0 Å². The smallest absolute Gasteiger partial charge is 0.175 e. The SMILES string of the molecule is Cc1ccccc1N(C(N)=S)c1cccc2ccccc12.c1ccc2ncccc2c1. The highest BCUT2D eigenvalue weighted by Crippen LogP contribution is 2.33. The lowest BCUT2D eigenvalue weighted by Crippen LogP contribution is -2.31. The zero-order valence-electron chi connectivity index (χ0n) is 17.3. The summed E-state index contributed by atoms with van der Waals surface area (Å²) in [5.41, 5.74) is 10.2. The highest BCUT2D eigenvalue weighted by Gasteiger charge is 2.16. The average Bonchev–Trinajstić information content (AvgIpc) is 2.81. The molecule has 0 fully saturated rings. The van der Waals surface area contributed by atoms with Crippen molar-refractivity contribution in [2.24, 2.45) is 5.73 Å². The van der Waals surface area contributed by atoms with E-state index in [1.54, 1.807) is 0 Å². The van der Waals surface area contributed by atoms with Crippen molar-refractivity contribution in [3.8, 4) is 0 Å². The Bertz CT molecular complexity index is 1280. The Morgan fingerprint density at radius 2 is 1.32 bits per heavy atom. The molecule has 0 radical (unpaired) electrons. The van der Waals surface area contributed by atoms with E-state index in [9.17, 15) is 0 Å². The van der Waals surface area contributed by atoms with Gasteiger partial charge < -0.3 is 5.73 Å². The number of para-hydroxylation sites is 2. The van der Waals surface area contributed by atoms with Gasteiger partial charge in [-0.25, -0.2) is 0 Å². The van der Waals surface area contributed by atoms with Crippen molar-refractivity contribution in [1.82, 2.24) is 4.98 Å². The van der Waals surface area contributed by atoms with Gasteiger partial charge in [-0.05, 0) is 54.4 Å². The second-order valence-electron chi connectivity index (χ2n) is 7.15. The molecule has 4 heteroatoms. The zero-order valence-corrected chi connectivity index (χ0v) is 18.1. The van der Waals surface area contributed by atoms with E-state index in [2.05, 4.69) is 48.3 Å². The van der Waals surface area contributed by atoms with Gasteiger partial charge in [0.2, 0.25) is 0 Å². The summed E-state index contributed by atoms with van der Waals surface area (Å²) in [6, 6.07) is 34.6. The van der Waals surface area contributed by atoms with Crippen LogP contribution in [-0.2, 0) is 0 Å². The monoisotopic (exact) mass is 421 g/mol. The summed E-state index contributed by atoms with van der Waals surface area (Å²) in [7, 11) is 0. The first-order valence-electron chi connectivity index (χ1n) is 10.1. The van der Waals surface area contributed by atoms with Crippen molar-refractivity contribution in [3.63, 3.8) is 0 Å². The van der Waals surface area contributed by atoms with Gasteiger partial charge in [-0.15, -0.1) is 0 Å². The van der Waals surface area contributed by atoms with Gasteiger partial charge in [0.05, 0.1) is 16.9 Å². The maximum atomic E-state index is 6.02. The number of hydrogen-bond donors (Lipinski definition) is 1. The van der Waals surface area contributed by atoms with Gasteiger partial charge in [-0.2, -0.15) is 0 Å². The lowest BCUT2D eigenvalue weighted by Gasteiger charge is -2.26. The van der Waals surface area contributed by atoms with Gasteiger partial charge in [-0.3, -0.25) is 9.88 Å². The van der Waals surface area contributed by atoms with Crippen molar-refractivity contribution >= 4 is 50.4 Å². The number of hydrogen-bond acceptors (Lipinski definition) is 2. The predicted octanol–water partition coefficient (Wildman–Crippen LogP) is 6.76. The molecular weight excluding hydrogens is 398 g/mol. The van der Waals surface area contributed by atoms with Gasteiger partial charge in [0, 0.05) is 17.0 Å². The lowest BCUT2D eigenvalue weighted by molar-refractivity contribution is 1.31. The summed E-state index contributed by atoms with van der Waals surface area (Å²) < 4.78 is 0. The molecule has 31 heavy (non-hydrogen) atoms. The number of benzene rings is 4. The first-order valence-corrected chi connectivity index (χ1v) is 10.5. The normalized spacial score (nSPS) is 10.4. The summed E-state index contributed by atoms with van der Waals surface area (Å²) in [4.78, 5) is 6.12. The summed E-state index contributed by atoms with van der Waals surface area (Å²) in [6.07, 6.45) is 1.81. The highest BCUT2D eigenvalue weighted by atomic mass is 32.1. The van der Waals surface area contributed by atoms with Crippen LogP contribution in [0.2, 0.25) is 0 Å². The Labute approximate surface area is 187 Å². The van der Waals surface area contributed by atoms with Gasteiger partial charge in [-0.1, -0.05) is 78.9 Å². The molecule has 0 saturated carbocycles. The van der Waals surface area contributed by atoms with E-state index in [1.165, 1.54) is 10.8 Å². The Morgan fingerprint density at radius 3 is 2.10 bits per heavy atom. The van der Waals surface area contributed by atoms with Crippen molar-refractivity contribution in [2.45, 2.75) is 6.92 Å². The number of thiocarbonyl (C=S) groups is 1. The van der Waals surface area contributed by atoms with Crippen LogP contribution in [0.25, 0.3) is 21.7 Å². The number of nitrogens with two attached hydrogens (primary N) is 1. The zero-order chi connectivity index (χ0) is 21.6. The number of anilines is 2. The molecule has 0 amide bonds. The van der Waals surface area contributed by atoms with Crippen LogP contribution in [0.4, 0.5) is 11.4 Å². The van der Waals surface area contributed by atoms with Gasteiger partial charge >= 0.3 is 0 Å². The minimum Gasteiger partial charge on any atom is -0.376 e. The maximum Gasteiger partial charge on any atom is 0.175 e. The van der Waals surface area contributed by atoms with E-state index in [0.29, 0.717) is 5.11 Å². The molecule has 0 saturated heterocycles. The molecule has 3 nitrogen and oxygen atoms in total. The fourth-order valence-corrected chi connectivity index (χ4v) is 3.80. The molecule has 152 valence electrons. The largest absolute Gasteiger partial charge is 0.376 e. The molecule has 0 unspecified atom stereocenters. The third kappa shape index (κ3) is 4.55. The number of fused-ring (bicyclic) bond motifs is 2. The van der Waals surface area contributed by atoms with Crippen LogP contribution in [0.5, 0.6) is 0 Å². The summed E-state index contributed by atoms with van der Waals surface area (Å²) in [5, 5.41) is 3.85. The fraction of sp³-hybridized carbons (Fsp3) is 0.0370. The Morgan fingerprint density at radius 1 is 0.710 bits per heavy atom.